The summed E-state index contributed by atoms with van der Waals surface area (Å²) in [6, 6.07) is 5.31. The van der Waals surface area contributed by atoms with Gasteiger partial charge in [-0.2, -0.15) is 0 Å². The van der Waals surface area contributed by atoms with Crippen LogP contribution in [0.1, 0.15) is 50.6 Å². The lowest BCUT2D eigenvalue weighted by molar-refractivity contribution is -0.122. The lowest BCUT2D eigenvalue weighted by Gasteiger charge is -2.36. The summed E-state index contributed by atoms with van der Waals surface area (Å²) < 4.78 is 14.4. The van der Waals surface area contributed by atoms with E-state index in [-0.39, 0.29) is 23.6 Å². The number of rotatable bonds is 5. The molecule has 0 radical (unpaired) electrons. The number of aliphatic hydroxyl groups is 1. The monoisotopic (exact) mass is 385 g/mol. The van der Waals surface area contributed by atoms with Crippen LogP contribution in [-0.4, -0.2) is 32.0 Å². The maximum atomic E-state index is 14.4. The van der Waals surface area contributed by atoms with E-state index in [0.717, 1.165) is 38.3 Å². The fraction of sp³-hybridized carbons (Fsp3) is 0.500. The molecule has 0 bridgehead atoms. The number of primary amides is 1. The van der Waals surface area contributed by atoms with E-state index in [4.69, 9.17) is 5.73 Å². The van der Waals surface area contributed by atoms with E-state index in [0.29, 0.717) is 30.2 Å². The normalized spacial score (nSPS) is 23.6. The minimum absolute atomic E-state index is 0.0769. The molecule has 4 rings (SSSR count). The van der Waals surface area contributed by atoms with Crippen LogP contribution in [0.25, 0.3) is 11.4 Å². The molecular formula is C20H24FN5O2. The molecule has 0 saturated heterocycles. The highest BCUT2D eigenvalue weighted by Gasteiger charge is 2.37. The van der Waals surface area contributed by atoms with Gasteiger partial charge in [-0.1, -0.05) is 6.07 Å². The van der Waals surface area contributed by atoms with Gasteiger partial charge >= 0.3 is 0 Å². The van der Waals surface area contributed by atoms with Crippen molar-refractivity contribution in [2.45, 2.75) is 56.6 Å². The van der Waals surface area contributed by atoms with Crippen molar-refractivity contribution < 1.29 is 14.3 Å². The van der Waals surface area contributed by atoms with Gasteiger partial charge in [0.2, 0.25) is 11.9 Å². The van der Waals surface area contributed by atoms with Crippen molar-refractivity contribution in [2.75, 3.05) is 5.32 Å². The predicted molar refractivity (Wildman–Crippen MR) is 102 cm³/mol. The predicted octanol–water partition coefficient (Wildman–Crippen LogP) is 2.51. The number of aromatic nitrogens is 3. The average Bonchev–Trinajstić information content (AvgIpc) is 2.68. The Hall–Kier alpha value is -2.61. The number of nitrogens with zero attached hydrogens (tertiary/aromatic N) is 3. The molecule has 148 valence electrons. The molecule has 2 aromatic rings. The Balaban J connectivity index is 1.52. The zero-order valence-electron chi connectivity index (χ0n) is 15.6. The molecule has 28 heavy (non-hydrogen) atoms. The van der Waals surface area contributed by atoms with Gasteiger partial charge < -0.3 is 16.2 Å². The summed E-state index contributed by atoms with van der Waals surface area (Å²) in [7, 11) is 0. The number of nitrogens with two attached hydrogens (primary N) is 1. The summed E-state index contributed by atoms with van der Waals surface area (Å²) in [6.07, 6.45) is 6.43. The second kappa shape index (κ2) is 7.43. The van der Waals surface area contributed by atoms with Crippen molar-refractivity contribution in [3.8, 4) is 11.4 Å². The van der Waals surface area contributed by atoms with E-state index < -0.39 is 11.4 Å². The first kappa shape index (κ1) is 18.7. The van der Waals surface area contributed by atoms with Gasteiger partial charge in [0.1, 0.15) is 11.3 Å². The number of carbonyl (C=O) groups is 1. The van der Waals surface area contributed by atoms with Gasteiger partial charge in [-0.15, -0.1) is 0 Å². The van der Waals surface area contributed by atoms with Crippen molar-refractivity contribution in [3.05, 3.63) is 35.9 Å². The Kier molecular flexibility index (Phi) is 4.97. The second-order valence-corrected chi connectivity index (χ2v) is 7.78. The van der Waals surface area contributed by atoms with Gasteiger partial charge in [-0.05, 0) is 57.1 Å². The minimum atomic E-state index is -0.917. The fourth-order valence-electron chi connectivity index (χ4n) is 3.91. The first-order valence-electron chi connectivity index (χ1n) is 9.73. The molecule has 0 spiro atoms. The molecule has 4 N–H and O–H groups in total. The first-order valence-corrected chi connectivity index (χ1v) is 9.73. The molecule has 2 aliphatic carbocycles. The molecule has 2 aliphatic rings. The van der Waals surface area contributed by atoms with Crippen molar-refractivity contribution in [3.63, 3.8) is 0 Å². The Morgan fingerprint density at radius 3 is 2.61 bits per heavy atom. The van der Waals surface area contributed by atoms with Crippen molar-refractivity contribution in [2.24, 2.45) is 11.7 Å². The smallest absolute Gasteiger partial charge is 0.223 e. The highest BCUT2D eigenvalue weighted by molar-refractivity contribution is 5.76. The number of amides is 1. The molecule has 7 nitrogen and oxygen atoms in total. The number of hydrogen-bond acceptors (Lipinski definition) is 6. The Morgan fingerprint density at radius 2 is 1.96 bits per heavy atom. The maximum Gasteiger partial charge on any atom is 0.223 e. The molecule has 2 fully saturated rings. The average molecular weight is 385 g/mol. The molecule has 1 amide bonds. The molecule has 2 heterocycles. The van der Waals surface area contributed by atoms with E-state index in [2.05, 4.69) is 20.3 Å². The molecule has 8 heteroatoms. The van der Waals surface area contributed by atoms with Crippen LogP contribution in [-0.2, 0) is 10.4 Å². The third-order valence-corrected chi connectivity index (χ3v) is 5.86. The number of halogens is 1. The SMILES string of the molecule is NC(=O)C1CCC(Nc2ncc(F)c(-c3cccc(C4(O)CCC4)n3)n2)CC1. The van der Waals surface area contributed by atoms with Gasteiger partial charge in [0.05, 0.1) is 17.6 Å². The number of nitrogens with one attached hydrogen (secondary N) is 1. The highest BCUT2D eigenvalue weighted by Crippen LogP contribution is 2.40. The van der Waals surface area contributed by atoms with Crippen LogP contribution in [0.15, 0.2) is 24.4 Å². The van der Waals surface area contributed by atoms with Crippen LogP contribution in [0.4, 0.5) is 10.3 Å². The summed E-state index contributed by atoms with van der Waals surface area (Å²) >= 11 is 0. The standard InChI is InChI=1S/C20H24FN5O2/c21-14-11-23-19(24-13-7-5-12(6-8-13)18(22)27)26-17(14)15-3-1-4-16(25-15)20(28)9-2-10-20/h1,3-4,11-13,28H,2,5-10H2,(H2,22,27)(H,23,24,26). The molecule has 0 aliphatic heterocycles. The van der Waals surface area contributed by atoms with Crippen LogP contribution in [0.3, 0.4) is 0 Å². The van der Waals surface area contributed by atoms with Crippen LogP contribution < -0.4 is 11.1 Å². The van der Waals surface area contributed by atoms with Crippen molar-refractivity contribution in [1.82, 2.24) is 15.0 Å². The zero-order valence-corrected chi connectivity index (χ0v) is 15.6. The minimum Gasteiger partial charge on any atom is -0.384 e. The van der Waals surface area contributed by atoms with E-state index in [9.17, 15) is 14.3 Å². The van der Waals surface area contributed by atoms with E-state index >= 15 is 0 Å². The van der Waals surface area contributed by atoms with Gasteiger partial charge in [0.15, 0.2) is 5.82 Å². The molecule has 0 unspecified atom stereocenters. The Bertz CT molecular complexity index is 879. The highest BCUT2D eigenvalue weighted by atomic mass is 19.1. The van der Waals surface area contributed by atoms with Crippen molar-refractivity contribution in [1.29, 1.82) is 0 Å². The summed E-state index contributed by atoms with van der Waals surface area (Å²) in [5.74, 6) is -0.563. The van der Waals surface area contributed by atoms with Crippen LogP contribution in [0.5, 0.6) is 0 Å². The number of pyridine rings is 1. The Morgan fingerprint density at radius 1 is 1.21 bits per heavy atom. The topological polar surface area (TPSA) is 114 Å². The third-order valence-electron chi connectivity index (χ3n) is 5.86. The molecular weight excluding hydrogens is 361 g/mol. The molecule has 0 atom stereocenters. The molecule has 0 aromatic carbocycles. The number of carbonyl (C=O) groups excluding carboxylic acids is 1. The maximum absolute atomic E-state index is 14.4. The van der Waals surface area contributed by atoms with Gasteiger partial charge in [0.25, 0.3) is 0 Å². The van der Waals surface area contributed by atoms with Gasteiger partial charge in [-0.3, -0.25) is 4.79 Å². The fourth-order valence-corrected chi connectivity index (χ4v) is 3.91. The molecule has 2 saturated carbocycles. The lowest BCUT2D eigenvalue weighted by atomic mass is 9.77. The largest absolute Gasteiger partial charge is 0.384 e. The van der Waals surface area contributed by atoms with E-state index in [1.54, 1.807) is 18.2 Å². The summed E-state index contributed by atoms with van der Waals surface area (Å²) in [5, 5.41) is 13.7. The second-order valence-electron chi connectivity index (χ2n) is 7.78. The van der Waals surface area contributed by atoms with E-state index in [1.807, 2.05) is 0 Å². The summed E-state index contributed by atoms with van der Waals surface area (Å²) in [5.41, 5.74) is 5.48. The summed E-state index contributed by atoms with van der Waals surface area (Å²) in [4.78, 5) is 24.1. The third kappa shape index (κ3) is 3.69. The quantitative estimate of drug-likeness (QED) is 0.729. The van der Waals surface area contributed by atoms with Crippen molar-refractivity contribution >= 4 is 11.9 Å². The van der Waals surface area contributed by atoms with Crippen LogP contribution in [0.2, 0.25) is 0 Å². The number of hydrogen-bond donors (Lipinski definition) is 3. The lowest BCUT2D eigenvalue weighted by Crippen LogP contribution is -2.34. The Labute approximate surface area is 162 Å². The van der Waals surface area contributed by atoms with E-state index in [1.165, 1.54) is 0 Å². The summed E-state index contributed by atoms with van der Waals surface area (Å²) in [6.45, 7) is 0. The van der Waals surface area contributed by atoms with Gasteiger partial charge in [0, 0.05) is 12.0 Å². The van der Waals surface area contributed by atoms with Crippen LogP contribution in [0, 0.1) is 11.7 Å². The van der Waals surface area contributed by atoms with Gasteiger partial charge in [-0.25, -0.2) is 19.3 Å². The van der Waals surface area contributed by atoms with Crippen LogP contribution >= 0.6 is 0 Å². The zero-order chi connectivity index (χ0) is 19.7. The first-order chi connectivity index (χ1) is 13.4. The number of anilines is 1. The molecule has 2 aromatic heterocycles.